The van der Waals surface area contributed by atoms with Gasteiger partial charge in [-0.15, -0.1) is 0 Å². The Morgan fingerprint density at radius 3 is 2.38 bits per heavy atom. The molecule has 0 radical (unpaired) electrons. The Labute approximate surface area is 127 Å². The summed E-state index contributed by atoms with van der Waals surface area (Å²) in [6.45, 7) is 9.76. The molecule has 1 aliphatic rings. The van der Waals surface area contributed by atoms with E-state index < -0.39 is 0 Å². The van der Waals surface area contributed by atoms with Crippen LogP contribution in [0.4, 0.5) is 0 Å². The van der Waals surface area contributed by atoms with Crippen LogP contribution in [-0.2, 0) is 9.31 Å². The predicted molar refractivity (Wildman–Crippen MR) is 84.0 cm³/mol. The molecule has 0 spiro atoms. The average molecular weight is 292 g/mol. The first-order valence-corrected chi connectivity index (χ1v) is 7.45. The van der Waals surface area contributed by atoms with Crippen molar-refractivity contribution in [2.45, 2.75) is 45.3 Å². The first-order chi connectivity index (χ1) is 9.86. The van der Waals surface area contributed by atoms with Crippen LogP contribution in [0.1, 0.15) is 34.1 Å². The molecule has 1 aromatic heterocycles. The van der Waals surface area contributed by atoms with Gasteiger partial charge in [-0.3, -0.25) is 0 Å². The lowest BCUT2D eigenvalue weighted by Crippen LogP contribution is -2.41. The Morgan fingerprint density at radius 2 is 1.86 bits per heavy atom. The highest BCUT2D eigenvalue weighted by atomic mass is 16.7. The van der Waals surface area contributed by atoms with Crippen molar-refractivity contribution in [2.24, 2.45) is 0 Å². The van der Waals surface area contributed by atoms with Gasteiger partial charge in [-0.05, 0) is 53.8 Å². The van der Waals surface area contributed by atoms with Crippen LogP contribution in [0, 0.1) is 0 Å². The second-order valence-corrected chi connectivity index (χ2v) is 6.32. The van der Waals surface area contributed by atoms with Gasteiger partial charge in [0, 0.05) is 11.7 Å². The SMILES string of the molecule is CNCCCOc1ccc(B2OC(C)(C)C(C)(C)O2)cn1. The van der Waals surface area contributed by atoms with Crippen molar-refractivity contribution < 1.29 is 14.0 Å². The van der Waals surface area contributed by atoms with Crippen molar-refractivity contribution >= 4 is 12.6 Å². The summed E-state index contributed by atoms with van der Waals surface area (Å²) in [6.07, 6.45) is 2.71. The summed E-state index contributed by atoms with van der Waals surface area (Å²) in [5.74, 6) is 0.631. The summed E-state index contributed by atoms with van der Waals surface area (Å²) in [4.78, 5) is 4.31. The highest BCUT2D eigenvalue weighted by Gasteiger charge is 2.51. The minimum Gasteiger partial charge on any atom is -0.478 e. The predicted octanol–water partition coefficient (Wildman–Crippen LogP) is 1.37. The molecule has 6 heteroatoms. The smallest absolute Gasteiger partial charge is 0.478 e. The number of hydrogen-bond acceptors (Lipinski definition) is 5. The van der Waals surface area contributed by atoms with Crippen molar-refractivity contribution in [3.63, 3.8) is 0 Å². The Kier molecular flexibility index (Phi) is 4.91. The van der Waals surface area contributed by atoms with Crippen LogP contribution >= 0.6 is 0 Å². The van der Waals surface area contributed by atoms with Crippen LogP contribution in [0.5, 0.6) is 5.88 Å². The molecular weight excluding hydrogens is 267 g/mol. The third kappa shape index (κ3) is 3.76. The normalized spacial score (nSPS) is 19.8. The van der Waals surface area contributed by atoms with E-state index in [-0.39, 0.29) is 18.3 Å². The molecule has 0 atom stereocenters. The molecule has 1 aliphatic heterocycles. The van der Waals surface area contributed by atoms with Gasteiger partial charge >= 0.3 is 7.12 Å². The van der Waals surface area contributed by atoms with Crippen LogP contribution in [-0.4, -0.2) is 43.5 Å². The molecule has 5 nitrogen and oxygen atoms in total. The Balaban J connectivity index is 1.94. The van der Waals surface area contributed by atoms with Crippen molar-refractivity contribution in [3.8, 4) is 5.88 Å². The first-order valence-electron chi connectivity index (χ1n) is 7.45. The largest absolute Gasteiger partial charge is 0.496 e. The lowest BCUT2D eigenvalue weighted by Gasteiger charge is -2.32. The molecule has 1 fully saturated rings. The summed E-state index contributed by atoms with van der Waals surface area (Å²) >= 11 is 0. The minimum absolute atomic E-state index is 0.333. The molecule has 1 aromatic rings. The molecule has 0 amide bonds. The fraction of sp³-hybridized carbons (Fsp3) is 0.667. The van der Waals surface area contributed by atoms with Gasteiger partial charge in [-0.1, -0.05) is 6.07 Å². The molecule has 0 aliphatic carbocycles. The zero-order valence-electron chi connectivity index (χ0n) is 13.6. The number of aromatic nitrogens is 1. The van der Waals surface area contributed by atoms with E-state index in [4.69, 9.17) is 14.0 Å². The number of rotatable bonds is 6. The van der Waals surface area contributed by atoms with Crippen LogP contribution < -0.4 is 15.5 Å². The number of hydrogen-bond donors (Lipinski definition) is 1. The van der Waals surface area contributed by atoms with Gasteiger partial charge in [-0.2, -0.15) is 0 Å². The molecule has 0 bridgehead atoms. The molecule has 1 saturated heterocycles. The maximum Gasteiger partial charge on any atom is 0.496 e. The number of nitrogens with zero attached hydrogens (tertiary/aromatic N) is 1. The van der Waals surface area contributed by atoms with E-state index in [0.717, 1.165) is 18.4 Å². The molecule has 2 heterocycles. The van der Waals surface area contributed by atoms with Gasteiger partial charge in [0.15, 0.2) is 0 Å². The molecule has 0 aromatic carbocycles. The zero-order chi connectivity index (χ0) is 15.5. The van der Waals surface area contributed by atoms with Crippen LogP contribution in [0.25, 0.3) is 0 Å². The molecule has 2 rings (SSSR count). The second kappa shape index (κ2) is 6.34. The van der Waals surface area contributed by atoms with Crippen LogP contribution in [0.15, 0.2) is 18.3 Å². The fourth-order valence-electron chi connectivity index (χ4n) is 2.02. The minimum atomic E-state index is -0.374. The second-order valence-electron chi connectivity index (χ2n) is 6.32. The number of nitrogens with one attached hydrogen (secondary N) is 1. The van der Waals surface area contributed by atoms with E-state index in [0.29, 0.717) is 12.5 Å². The number of ether oxygens (including phenoxy) is 1. The van der Waals surface area contributed by atoms with Crippen LogP contribution in [0.2, 0.25) is 0 Å². The third-order valence-electron chi connectivity index (χ3n) is 4.11. The first kappa shape index (κ1) is 16.3. The summed E-state index contributed by atoms with van der Waals surface area (Å²) in [5, 5.41) is 3.08. The molecular formula is C15H25BN2O3. The van der Waals surface area contributed by atoms with E-state index >= 15 is 0 Å². The van der Waals surface area contributed by atoms with E-state index in [1.807, 2.05) is 46.9 Å². The fourth-order valence-corrected chi connectivity index (χ4v) is 2.02. The summed E-state index contributed by atoms with van der Waals surface area (Å²) in [5.41, 5.74) is 0.246. The van der Waals surface area contributed by atoms with Crippen molar-refractivity contribution in [1.29, 1.82) is 0 Å². The van der Waals surface area contributed by atoms with Gasteiger partial charge in [-0.25, -0.2) is 4.98 Å². The number of pyridine rings is 1. The van der Waals surface area contributed by atoms with Gasteiger partial charge in [0.25, 0.3) is 0 Å². The van der Waals surface area contributed by atoms with E-state index in [9.17, 15) is 0 Å². The van der Waals surface area contributed by atoms with Gasteiger partial charge < -0.3 is 19.4 Å². The monoisotopic (exact) mass is 292 g/mol. The standard InChI is InChI=1S/C15H25BN2O3/c1-14(2)15(3,4)21-16(20-14)12-7-8-13(18-11-12)19-10-6-9-17-5/h7-8,11,17H,6,9-10H2,1-5H3. The highest BCUT2D eigenvalue weighted by molar-refractivity contribution is 6.62. The maximum atomic E-state index is 5.99. The summed E-state index contributed by atoms with van der Waals surface area (Å²) < 4.78 is 17.6. The van der Waals surface area contributed by atoms with Crippen molar-refractivity contribution in [1.82, 2.24) is 10.3 Å². The average Bonchev–Trinajstić information content (AvgIpc) is 2.64. The molecule has 116 valence electrons. The van der Waals surface area contributed by atoms with E-state index in [1.54, 1.807) is 6.20 Å². The molecule has 21 heavy (non-hydrogen) atoms. The van der Waals surface area contributed by atoms with Gasteiger partial charge in [0.05, 0.1) is 17.8 Å². The van der Waals surface area contributed by atoms with Crippen LogP contribution in [0.3, 0.4) is 0 Å². The third-order valence-corrected chi connectivity index (χ3v) is 4.11. The topological polar surface area (TPSA) is 52.6 Å². The maximum absolute atomic E-state index is 5.99. The summed E-state index contributed by atoms with van der Waals surface area (Å²) in [7, 11) is 1.55. The Bertz CT molecular complexity index is 446. The van der Waals surface area contributed by atoms with E-state index in [2.05, 4.69) is 10.3 Å². The quantitative estimate of drug-likeness (QED) is 0.634. The molecule has 1 N–H and O–H groups in total. The van der Waals surface area contributed by atoms with Gasteiger partial charge in [0.1, 0.15) is 0 Å². The van der Waals surface area contributed by atoms with Crippen molar-refractivity contribution in [2.75, 3.05) is 20.2 Å². The zero-order valence-corrected chi connectivity index (χ0v) is 13.6. The molecule has 0 unspecified atom stereocenters. The summed E-state index contributed by atoms with van der Waals surface area (Å²) in [6, 6.07) is 3.81. The van der Waals surface area contributed by atoms with Gasteiger partial charge in [0.2, 0.25) is 5.88 Å². The lowest BCUT2D eigenvalue weighted by molar-refractivity contribution is 0.00578. The lowest BCUT2D eigenvalue weighted by atomic mass is 9.80. The Hall–Kier alpha value is -1.11. The molecule has 0 saturated carbocycles. The highest BCUT2D eigenvalue weighted by Crippen LogP contribution is 2.36. The van der Waals surface area contributed by atoms with Crippen molar-refractivity contribution in [3.05, 3.63) is 18.3 Å². The van der Waals surface area contributed by atoms with E-state index in [1.165, 1.54) is 0 Å². The Morgan fingerprint density at radius 1 is 1.19 bits per heavy atom.